The topological polar surface area (TPSA) is 88.7 Å². The number of amides is 2. The molecule has 0 heterocycles. The molecule has 26 heavy (non-hydrogen) atoms. The summed E-state index contributed by atoms with van der Waals surface area (Å²) in [5.41, 5.74) is 1.85. The monoisotopic (exact) mass is 357 g/mol. The van der Waals surface area contributed by atoms with Crippen LogP contribution in [0.15, 0.2) is 48.5 Å². The first-order valence-corrected chi connectivity index (χ1v) is 8.17. The summed E-state index contributed by atoms with van der Waals surface area (Å²) in [7, 11) is 3.17. The highest BCUT2D eigenvalue weighted by Gasteiger charge is 2.07. The molecule has 0 aliphatic heterocycles. The van der Waals surface area contributed by atoms with E-state index in [-0.39, 0.29) is 18.4 Å². The minimum Gasteiger partial charge on any atom is -0.497 e. The molecule has 0 spiro atoms. The molecule has 0 saturated carbocycles. The van der Waals surface area contributed by atoms with E-state index in [1.165, 1.54) is 0 Å². The van der Waals surface area contributed by atoms with Gasteiger partial charge in [0.25, 0.3) is 5.91 Å². The van der Waals surface area contributed by atoms with E-state index >= 15 is 0 Å². The maximum Gasteiger partial charge on any atom is 0.251 e. The molecular formula is C19H23N3O4. The number of hydrogen-bond acceptors (Lipinski definition) is 5. The van der Waals surface area contributed by atoms with Crippen molar-refractivity contribution in [3.63, 3.8) is 0 Å². The zero-order chi connectivity index (χ0) is 18.8. The zero-order valence-electron chi connectivity index (χ0n) is 14.9. The van der Waals surface area contributed by atoms with Gasteiger partial charge in [-0.3, -0.25) is 9.59 Å². The Labute approximate surface area is 152 Å². The lowest BCUT2D eigenvalue weighted by molar-refractivity contribution is -0.114. The van der Waals surface area contributed by atoms with Crippen LogP contribution in [0.1, 0.15) is 10.4 Å². The Bertz CT molecular complexity index is 732. The van der Waals surface area contributed by atoms with Crippen LogP contribution in [0.25, 0.3) is 0 Å². The van der Waals surface area contributed by atoms with Crippen LogP contribution in [0.2, 0.25) is 0 Å². The highest BCUT2D eigenvalue weighted by Crippen LogP contribution is 2.15. The number of ether oxygens (including phenoxy) is 2. The lowest BCUT2D eigenvalue weighted by Gasteiger charge is -2.10. The minimum absolute atomic E-state index is 0.108. The fraction of sp³-hybridized carbons (Fsp3) is 0.263. The molecule has 7 heteroatoms. The third-order valence-corrected chi connectivity index (χ3v) is 3.54. The highest BCUT2D eigenvalue weighted by molar-refractivity contribution is 5.98. The van der Waals surface area contributed by atoms with E-state index in [0.29, 0.717) is 24.4 Å². The zero-order valence-corrected chi connectivity index (χ0v) is 14.9. The first kappa shape index (κ1) is 19.3. The largest absolute Gasteiger partial charge is 0.497 e. The number of carbonyl (C=O) groups is 2. The van der Waals surface area contributed by atoms with E-state index in [0.717, 1.165) is 11.4 Å². The summed E-state index contributed by atoms with van der Waals surface area (Å²) in [4.78, 5) is 24.1. The van der Waals surface area contributed by atoms with Gasteiger partial charge in [0.2, 0.25) is 5.91 Å². The van der Waals surface area contributed by atoms with Crippen molar-refractivity contribution in [3.8, 4) is 5.75 Å². The second kappa shape index (κ2) is 10.0. The van der Waals surface area contributed by atoms with Crippen molar-refractivity contribution in [1.29, 1.82) is 0 Å². The molecule has 0 aliphatic carbocycles. The van der Waals surface area contributed by atoms with Crippen LogP contribution in [0, 0.1) is 0 Å². The Morgan fingerprint density at radius 1 is 1.00 bits per heavy atom. The quantitative estimate of drug-likeness (QED) is 0.598. The Morgan fingerprint density at radius 2 is 1.77 bits per heavy atom. The number of hydrogen-bond donors (Lipinski definition) is 3. The van der Waals surface area contributed by atoms with E-state index in [4.69, 9.17) is 9.47 Å². The summed E-state index contributed by atoms with van der Waals surface area (Å²) >= 11 is 0. The molecule has 0 aliphatic rings. The summed E-state index contributed by atoms with van der Waals surface area (Å²) in [5, 5.41) is 8.53. The van der Waals surface area contributed by atoms with Crippen molar-refractivity contribution in [2.24, 2.45) is 0 Å². The molecule has 2 aromatic rings. The fourth-order valence-corrected chi connectivity index (χ4v) is 2.20. The van der Waals surface area contributed by atoms with E-state index in [1.807, 2.05) is 24.3 Å². The van der Waals surface area contributed by atoms with Crippen molar-refractivity contribution < 1.29 is 19.1 Å². The van der Waals surface area contributed by atoms with Gasteiger partial charge in [0, 0.05) is 30.6 Å². The first-order chi connectivity index (χ1) is 12.6. The molecule has 7 nitrogen and oxygen atoms in total. The van der Waals surface area contributed by atoms with E-state index in [1.54, 1.807) is 38.5 Å². The second-order valence-corrected chi connectivity index (χ2v) is 5.46. The smallest absolute Gasteiger partial charge is 0.251 e. The summed E-state index contributed by atoms with van der Waals surface area (Å²) < 4.78 is 9.98. The van der Waals surface area contributed by atoms with Crippen LogP contribution in [0.4, 0.5) is 11.4 Å². The number of anilines is 2. The van der Waals surface area contributed by atoms with Gasteiger partial charge in [-0.05, 0) is 42.5 Å². The minimum atomic E-state index is -0.213. The molecule has 2 aromatic carbocycles. The van der Waals surface area contributed by atoms with Gasteiger partial charge in [-0.25, -0.2) is 0 Å². The molecule has 0 radical (unpaired) electrons. The Kier molecular flexibility index (Phi) is 7.45. The van der Waals surface area contributed by atoms with Crippen LogP contribution in [-0.2, 0) is 9.53 Å². The molecule has 2 amide bonds. The lowest BCUT2D eigenvalue weighted by atomic mass is 10.2. The molecule has 138 valence electrons. The molecule has 2 rings (SSSR count). The van der Waals surface area contributed by atoms with Gasteiger partial charge < -0.3 is 25.4 Å². The van der Waals surface area contributed by atoms with Crippen molar-refractivity contribution >= 4 is 23.2 Å². The van der Waals surface area contributed by atoms with Gasteiger partial charge in [0.1, 0.15) is 5.75 Å². The van der Waals surface area contributed by atoms with E-state index in [9.17, 15) is 9.59 Å². The van der Waals surface area contributed by atoms with E-state index < -0.39 is 0 Å². The van der Waals surface area contributed by atoms with Crippen molar-refractivity contribution in [2.45, 2.75) is 0 Å². The third kappa shape index (κ3) is 6.10. The molecule has 0 unspecified atom stereocenters. The van der Waals surface area contributed by atoms with Crippen LogP contribution in [0.5, 0.6) is 5.75 Å². The van der Waals surface area contributed by atoms with Crippen molar-refractivity contribution in [3.05, 3.63) is 54.1 Å². The average molecular weight is 357 g/mol. The molecular weight excluding hydrogens is 334 g/mol. The van der Waals surface area contributed by atoms with Crippen LogP contribution in [0.3, 0.4) is 0 Å². The van der Waals surface area contributed by atoms with Gasteiger partial charge in [-0.1, -0.05) is 6.07 Å². The number of rotatable bonds is 9. The van der Waals surface area contributed by atoms with E-state index in [2.05, 4.69) is 16.0 Å². The maximum absolute atomic E-state index is 12.1. The van der Waals surface area contributed by atoms with Crippen molar-refractivity contribution in [2.75, 3.05) is 44.5 Å². The maximum atomic E-state index is 12.1. The summed E-state index contributed by atoms with van der Waals surface area (Å²) in [6.07, 6.45) is 0. The predicted molar refractivity (Wildman–Crippen MR) is 101 cm³/mol. The highest BCUT2D eigenvalue weighted by atomic mass is 16.5. The standard InChI is InChI=1S/C19H23N3O4/c1-25-11-10-20-19(24)14-4-3-5-16(12-14)22-18(23)13-21-15-6-8-17(26-2)9-7-15/h3-9,12,21H,10-11,13H2,1-2H3,(H,20,24)(H,22,23). The van der Waals surface area contributed by atoms with Crippen LogP contribution >= 0.6 is 0 Å². The molecule has 0 bridgehead atoms. The molecule has 0 saturated heterocycles. The van der Waals surface area contributed by atoms with Gasteiger partial charge in [0.15, 0.2) is 0 Å². The number of methoxy groups -OCH3 is 2. The predicted octanol–water partition coefficient (Wildman–Crippen LogP) is 2.12. The Hall–Kier alpha value is -3.06. The summed E-state index contributed by atoms with van der Waals surface area (Å²) in [6.45, 7) is 0.980. The fourth-order valence-electron chi connectivity index (χ4n) is 2.20. The normalized spacial score (nSPS) is 10.1. The Morgan fingerprint density at radius 3 is 2.46 bits per heavy atom. The molecule has 0 atom stereocenters. The summed E-state index contributed by atoms with van der Waals surface area (Å²) in [6, 6.07) is 14.1. The number of nitrogens with one attached hydrogen (secondary N) is 3. The van der Waals surface area contributed by atoms with Crippen molar-refractivity contribution in [1.82, 2.24) is 5.32 Å². The average Bonchev–Trinajstić information content (AvgIpc) is 2.67. The SMILES string of the molecule is COCCNC(=O)c1cccc(NC(=O)CNc2ccc(OC)cc2)c1. The van der Waals surface area contributed by atoms with Crippen LogP contribution < -0.4 is 20.7 Å². The number of carbonyl (C=O) groups excluding carboxylic acids is 2. The Balaban J connectivity index is 1.86. The molecule has 0 aromatic heterocycles. The molecule has 3 N–H and O–H groups in total. The lowest BCUT2D eigenvalue weighted by Crippen LogP contribution is -2.27. The second-order valence-electron chi connectivity index (χ2n) is 5.46. The van der Waals surface area contributed by atoms with Gasteiger partial charge in [-0.2, -0.15) is 0 Å². The molecule has 0 fully saturated rings. The number of benzene rings is 2. The van der Waals surface area contributed by atoms with Crippen LogP contribution in [-0.4, -0.2) is 45.7 Å². The van der Waals surface area contributed by atoms with Gasteiger partial charge >= 0.3 is 0 Å². The van der Waals surface area contributed by atoms with Gasteiger partial charge in [-0.15, -0.1) is 0 Å². The summed E-state index contributed by atoms with van der Waals surface area (Å²) in [5.74, 6) is 0.327. The third-order valence-electron chi connectivity index (χ3n) is 3.54. The first-order valence-electron chi connectivity index (χ1n) is 8.17. The van der Waals surface area contributed by atoms with Gasteiger partial charge in [0.05, 0.1) is 20.3 Å².